The zero-order valence-electron chi connectivity index (χ0n) is 8.19. The highest BCUT2D eigenvalue weighted by molar-refractivity contribution is 5.50. The molecule has 1 aromatic heterocycles. The highest BCUT2D eigenvalue weighted by Crippen LogP contribution is 2.18. The minimum Gasteiger partial charge on any atom is -0.399 e. The third-order valence-electron chi connectivity index (χ3n) is 2.55. The fourth-order valence-corrected chi connectivity index (χ4v) is 1.83. The zero-order valence-corrected chi connectivity index (χ0v) is 8.19. The highest BCUT2D eigenvalue weighted by atomic mass is 15.2. The lowest BCUT2D eigenvalue weighted by Gasteiger charge is -2.31. The van der Waals surface area contributed by atoms with E-state index in [2.05, 4.69) is 9.88 Å². The van der Waals surface area contributed by atoms with Gasteiger partial charge in [-0.3, -0.25) is 0 Å². The summed E-state index contributed by atoms with van der Waals surface area (Å²) in [7, 11) is 0. The standard InChI is InChI=1S/C10H16N4/c11-8-3-4-13-10(6-8)14-5-1-2-9(12)7-14/h3-4,6,9H,1-2,5,7,12H2,(H2,11,13)/t9-/m0/s1. The van der Waals surface area contributed by atoms with Gasteiger partial charge in [-0.25, -0.2) is 4.98 Å². The predicted octanol–water partition coefficient (Wildman–Crippen LogP) is 0.591. The van der Waals surface area contributed by atoms with Crippen molar-refractivity contribution >= 4 is 11.5 Å². The lowest BCUT2D eigenvalue weighted by atomic mass is 10.1. The van der Waals surface area contributed by atoms with Gasteiger partial charge in [-0.2, -0.15) is 0 Å². The Kier molecular flexibility index (Phi) is 2.54. The number of nitrogens with two attached hydrogens (primary N) is 2. The Hall–Kier alpha value is -1.29. The van der Waals surface area contributed by atoms with Crippen molar-refractivity contribution in [3.05, 3.63) is 18.3 Å². The van der Waals surface area contributed by atoms with E-state index >= 15 is 0 Å². The number of hydrogen-bond acceptors (Lipinski definition) is 4. The van der Waals surface area contributed by atoms with Gasteiger partial charge in [-0.15, -0.1) is 0 Å². The monoisotopic (exact) mass is 192 g/mol. The van der Waals surface area contributed by atoms with Gasteiger partial charge in [0.25, 0.3) is 0 Å². The van der Waals surface area contributed by atoms with Gasteiger partial charge in [0.1, 0.15) is 5.82 Å². The van der Waals surface area contributed by atoms with E-state index in [4.69, 9.17) is 11.5 Å². The van der Waals surface area contributed by atoms with Crippen LogP contribution in [0.1, 0.15) is 12.8 Å². The summed E-state index contributed by atoms with van der Waals surface area (Å²) >= 11 is 0. The number of hydrogen-bond donors (Lipinski definition) is 2. The van der Waals surface area contributed by atoms with E-state index in [0.717, 1.165) is 37.4 Å². The minimum atomic E-state index is 0.270. The van der Waals surface area contributed by atoms with Crippen LogP contribution in [-0.2, 0) is 0 Å². The number of anilines is 2. The molecule has 1 aliphatic rings. The smallest absolute Gasteiger partial charge is 0.130 e. The summed E-state index contributed by atoms with van der Waals surface area (Å²) < 4.78 is 0. The van der Waals surface area contributed by atoms with Crippen LogP contribution >= 0.6 is 0 Å². The Morgan fingerprint density at radius 2 is 2.36 bits per heavy atom. The van der Waals surface area contributed by atoms with Crippen LogP contribution in [0.2, 0.25) is 0 Å². The Morgan fingerprint density at radius 3 is 3.07 bits per heavy atom. The molecule has 0 radical (unpaired) electrons. The molecule has 1 aliphatic heterocycles. The molecule has 2 rings (SSSR count). The Balaban J connectivity index is 2.14. The average Bonchev–Trinajstić information content (AvgIpc) is 2.18. The first-order valence-corrected chi connectivity index (χ1v) is 4.98. The van der Waals surface area contributed by atoms with Crippen LogP contribution in [0.5, 0.6) is 0 Å². The van der Waals surface area contributed by atoms with Crippen LogP contribution in [0, 0.1) is 0 Å². The van der Waals surface area contributed by atoms with Gasteiger partial charge < -0.3 is 16.4 Å². The summed E-state index contributed by atoms with van der Waals surface area (Å²) in [4.78, 5) is 6.49. The molecule has 14 heavy (non-hydrogen) atoms. The van der Waals surface area contributed by atoms with Crippen molar-refractivity contribution in [1.82, 2.24) is 4.98 Å². The van der Waals surface area contributed by atoms with Gasteiger partial charge >= 0.3 is 0 Å². The Bertz CT molecular complexity index is 313. The number of rotatable bonds is 1. The zero-order chi connectivity index (χ0) is 9.97. The summed E-state index contributed by atoms with van der Waals surface area (Å²) in [5.41, 5.74) is 12.4. The SMILES string of the molecule is Nc1ccnc(N2CCC[C@H](N)C2)c1. The van der Waals surface area contributed by atoms with Gasteiger partial charge in [0.2, 0.25) is 0 Å². The van der Waals surface area contributed by atoms with E-state index in [-0.39, 0.29) is 6.04 Å². The molecule has 0 saturated carbocycles. The lowest BCUT2D eigenvalue weighted by molar-refractivity contribution is 0.503. The molecule has 0 aliphatic carbocycles. The molecule has 1 aromatic rings. The maximum absolute atomic E-state index is 5.90. The van der Waals surface area contributed by atoms with Gasteiger partial charge in [-0.1, -0.05) is 0 Å². The molecule has 1 fully saturated rings. The van der Waals surface area contributed by atoms with E-state index in [1.165, 1.54) is 0 Å². The third kappa shape index (κ3) is 1.96. The molecular formula is C10H16N4. The van der Waals surface area contributed by atoms with E-state index in [9.17, 15) is 0 Å². The molecule has 0 unspecified atom stereocenters. The third-order valence-corrected chi connectivity index (χ3v) is 2.55. The second kappa shape index (κ2) is 3.84. The number of aromatic nitrogens is 1. The molecule has 0 bridgehead atoms. The van der Waals surface area contributed by atoms with Crippen LogP contribution in [0.4, 0.5) is 11.5 Å². The molecule has 0 amide bonds. The minimum absolute atomic E-state index is 0.270. The number of nitrogens with zero attached hydrogens (tertiary/aromatic N) is 2. The van der Waals surface area contributed by atoms with Crippen molar-refractivity contribution < 1.29 is 0 Å². The van der Waals surface area contributed by atoms with Crippen molar-refractivity contribution in [3.8, 4) is 0 Å². The van der Waals surface area contributed by atoms with E-state index in [1.807, 2.05) is 6.07 Å². The molecule has 1 saturated heterocycles. The van der Waals surface area contributed by atoms with Crippen LogP contribution in [0.25, 0.3) is 0 Å². The predicted molar refractivity (Wildman–Crippen MR) is 58.1 cm³/mol. The number of pyridine rings is 1. The molecule has 4 N–H and O–H groups in total. The Morgan fingerprint density at radius 1 is 1.50 bits per heavy atom. The molecule has 4 nitrogen and oxygen atoms in total. The summed E-state index contributed by atoms with van der Waals surface area (Å²) in [6.07, 6.45) is 3.99. The summed E-state index contributed by atoms with van der Waals surface area (Å²) in [6.45, 7) is 1.92. The largest absolute Gasteiger partial charge is 0.399 e. The normalized spacial score (nSPS) is 22.4. The first-order valence-electron chi connectivity index (χ1n) is 4.98. The first kappa shape index (κ1) is 9.27. The maximum atomic E-state index is 5.90. The van der Waals surface area contributed by atoms with E-state index in [0.29, 0.717) is 0 Å². The summed E-state index contributed by atoms with van der Waals surface area (Å²) in [6, 6.07) is 3.97. The maximum Gasteiger partial charge on any atom is 0.130 e. The van der Waals surface area contributed by atoms with Crippen molar-refractivity contribution in [2.75, 3.05) is 23.7 Å². The molecular weight excluding hydrogens is 176 g/mol. The molecule has 0 spiro atoms. The fourth-order valence-electron chi connectivity index (χ4n) is 1.83. The fraction of sp³-hybridized carbons (Fsp3) is 0.500. The van der Waals surface area contributed by atoms with Crippen LogP contribution in [0.3, 0.4) is 0 Å². The quantitative estimate of drug-likeness (QED) is 0.683. The van der Waals surface area contributed by atoms with Crippen LogP contribution < -0.4 is 16.4 Å². The second-order valence-electron chi connectivity index (χ2n) is 3.80. The molecule has 4 heteroatoms. The van der Waals surface area contributed by atoms with Gasteiger partial charge in [0, 0.05) is 37.1 Å². The lowest BCUT2D eigenvalue weighted by Crippen LogP contribution is -2.43. The van der Waals surface area contributed by atoms with E-state index < -0.39 is 0 Å². The Labute approximate surface area is 83.9 Å². The molecule has 2 heterocycles. The second-order valence-corrected chi connectivity index (χ2v) is 3.80. The number of nitrogen functional groups attached to an aromatic ring is 1. The van der Waals surface area contributed by atoms with Crippen molar-refractivity contribution in [1.29, 1.82) is 0 Å². The summed E-state index contributed by atoms with van der Waals surface area (Å²) in [5, 5.41) is 0. The van der Waals surface area contributed by atoms with Crippen LogP contribution in [0.15, 0.2) is 18.3 Å². The average molecular weight is 192 g/mol. The topological polar surface area (TPSA) is 68.2 Å². The molecule has 1 atom stereocenters. The van der Waals surface area contributed by atoms with Gasteiger partial charge in [0.15, 0.2) is 0 Å². The van der Waals surface area contributed by atoms with E-state index in [1.54, 1.807) is 12.3 Å². The van der Waals surface area contributed by atoms with Crippen LogP contribution in [-0.4, -0.2) is 24.1 Å². The summed E-state index contributed by atoms with van der Waals surface area (Å²) in [5.74, 6) is 0.945. The van der Waals surface area contributed by atoms with Gasteiger partial charge in [0.05, 0.1) is 0 Å². The molecule has 0 aromatic carbocycles. The van der Waals surface area contributed by atoms with Crippen molar-refractivity contribution in [2.45, 2.75) is 18.9 Å². The molecule has 76 valence electrons. The highest BCUT2D eigenvalue weighted by Gasteiger charge is 2.17. The van der Waals surface area contributed by atoms with Gasteiger partial charge in [-0.05, 0) is 18.9 Å². The van der Waals surface area contributed by atoms with Crippen molar-refractivity contribution in [3.63, 3.8) is 0 Å². The number of piperidine rings is 1. The van der Waals surface area contributed by atoms with Crippen molar-refractivity contribution in [2.24, 2.45) is 5.73 Å². The first-order chi connectivity index (χ1) is 6.75.